The van der Waals surface area contributed by atoms with E-state index in [1.165, 1.54) is 29.8 Å². The van der Waals surface area contributed by atoms with Crippen LogP contribution < -0.4 is 4.72 Å². The van der Waals surface area contributed by atoms with Gasteiger partial charge in [0.2, 0.25) is 0 Å². The number of nitrogens with one attached hydrogen (secondary N) is 1. The summed E-state index contributed by atoms with van der Waals surface area (Å²) in [5.41, 5.74) is 2.04. The first-order valence-corrected chi connectivity index (χ1v) is 12.5. The lowest BCUT2D eigenvalue weighted by Crippen LogP contribution is -2.36. The summed E-state index contributed by atoms with van der Waals surface area (Å²) in [4.78, 5) is 25.3. The van der Waals surface area contributed by atoms with E-state index in [4.69, 9.17) is 0 Å². The number of hydrogen-bond acceptors (Lipinski definition) is 5. The number of rotatable bonds is 7. The number of nitro groups is 1. The maximum atomic E-state index is 13.1. The Bertz CT molecular complexity index is 1310. The number of carbonyl (C=O) groups excluding carboxylic acids is 1. The van der Waals surface area contributed by atoms with Crippen molar-refractivity contribution in [2.24, 2.45) is 0 Å². The van der Waals surface area contributed by atoms with Gasteiger partial charge < -0.3 is 4.90 Å². The molecule has 34 heavy (non-hydrogen) atoms. The molecule has 1 heterocycles. The monoisotopic (exact) mass is 479 g/mol. The van der Waals surface area contributed by atoms with Gasteiger partial charge in [-0.2, -0.15) is 0 Å². The molecule has 1 N–H and O–H groups in total. The van der Waals surface area contributed by atoms with E-state index < -0.39 is 14.9 Å². The van der Waals surface area contributed by atoms with Crippen LogP contribution >= 0.6 is 0 Å². The minimum atomic E-state index is -4.03. The second-order valence-corrected chi connectivity index (χ2v) is 10.1. The van der Waals surface area contributed by atoms with Crippen LogP contribution in [0.25, 0.3) is 0 Å². The summed E-state index contributed by atoms with van der Waals surface area (Å²) in [6, 6.07) is 20.2. The number of nitro benzene ring substituents is 1. The van der Waals surface area contributed by atoms with Gasteiger partial charge in [-0.15, -0.1) is 0 Å². The van der Waals surface area contributed by atoms with Crippen LogP contribution in [0.3, 0.4) is 0 Å². The molecule has 0 bridgehead atoms. The van der Waals surface area contributed by atoms with Crippen molar-refractivity contribution in [3.05, 3.63) is 99.6 Å². The van der Waals surface area contributed by atoms with Gasteiger partial charge >= 0.3 is 0 Å². The van der Waals surface area contributed by atoms with Crippen molar-refractivity contribution >= 4 is 27.3 Å². The van der Waals surface area contributed by atoms with Crippen LogP contribution in [0.15, 0.2) is 77.7 Å². The van der Waals surface area contributed by atoms with E-state index in [1.54, 1.807) is 19.1 Å². The summed E-state index contributed by atoms with van der Waals surface area (Å²) in [6.45, 7) is 2.24. The summed E-state index contributed by atoms with van der Waals surface area (Å²) < 4.78 is 27.9. The lowest BCUT2D eigenvalue weighted by atomic mass is 10.0. The van der Waals surface area contributed by atoms with E-state index in [1.807, 2.05) is 23.1 Å². The molecule has 0 spiro atoms. The number of anilines is 1. The van der Waals surface area contributed by atoms with Crippen molar-refractivity contribution in [2.75, 3.05) is 11.3 Å². The van der Waals surface area contributed by atoms with E-state index in [2.05, 4.69) is 16.9 Å². The van der Waals surface area contributed by atoms with Crippen molar-refractivity contribution in [1.82, 2.24) is 4.90 Å². The quantitative estimate of drug-likeness (QED) is 0.395. The van der Waals surface area contributed by atoms with E-state index in [9.17, 15) is 23.3 Å². The molecule has 0 aromatic heterocycles. The summed E-state index contributed by atoms with van der Waals surface area (Å²) in [7, 11) is -4.03. The van der Waals surface area contributed by atoms with Gasteiger partial charge in [0.15, 0.2) is 0 Å². The average molecular weight is 480 g/mol. The number of carbonyl (C=O) groups is 1. The highest BCUT2D eigenvalue weighted by atomic mass is 32.2. The van der Waals surface area contributed by atoms with Gasteiger partial charge in [-0.05, 0) is 62.1 Å². The minimum absolute atomic E-state index is 0.0815. The molecule has 0 unspecified atom stereocenters. The fraction of sp³-hybridized carbons (Fsp3) is 0.240. The molecule has 1 saturated heterocycles. The smallest absolute Gasteiger partial charge is 0.273 e. The molecule has 0 aliphatic carbocycles. The van der Waals surface area contributed by atoms with Crippen molar-refractivity contribution in [2.45, 2.75) is 37.1 Å². The van der Waals surface area contributed by atoms with E-state index in [0.717, 1.165) is 25.3 Å². The lowest BCUT2D eigenvalue weighted by molar-refractivity contribution is -0.385. The lowest BCUT2D eigenvalue weighted by Gasteiger charge is -2.25. The third kappa shape index (κ3) is 5.09. The van der Waals surface area contributed by atoms with Crippen LogP contribution in [-0.4, -0.2) is 36.7 Å². The summed E-state index contributed by atoms with van der Waals surface area (Å²) >= 11 is 0. The first-order valence-electron chi connectivity index (χ1n) is 11.0. The fourth-order valence-corrected chi connectivity index (χ4v) is 5.29. The van der Waals surface area contributed by atoms with Gasteiger partial charge in [0.25, 0.3) is 21.6 Å². The molecule has 176 valence electrons. The minimum Gasteiger partial charge on any atom is -0.335 e. The largest absolute Gasteiger partial charge is 0.335 e. The first-order chi connectivity index (χ1) is 16.2. The third-order valence-corrected chi connectivity index (χ3v) is 7.40. The Labute approximate surface area is 198 Å². The number of benzene rings is 3. The Morgan fingerprint density at radius 2 is 1.79 bits per heavy atom. The van der Waals surface area contributed by atoms with Gasteiger partial charge in [-0.25, -0.2) is 8.42 Å². The highest BCUT2D eigenvalue weighted by Gasteiger charge is 2.29. The molecule has 4 rings (SSSR count). The maximum Gasteiger partial charge on any atom is 0.273 e. The number of sulfonamides is 1. The van der Waals surface area contributed by atoms with Crippen LogP contribution in [0.2, 0.25) is 0 Å². The Kier molecular flexibility index (Phi) is 6.65. The van der Waals surface area contributed by atoms with Crippen molar-refractivity contribution < 1.29 is 18.1 Å². The second kappa shape index (κ2) is 9.64. The number of amides is 1. The highest BCUT2D eigenvalue weighted by molar-refractivity contribution is 7.92. The number of hydrogen-bond donors (Lipinski definition) is 1. The van der Waals surface area contributed by atoms with E-state index in [-0.39, 0.29) is 28.2 Å². The summed E-state index contributed by atoms with van der Waals surface area (Å²) in [5, 5.41) is 11.1. The van der Waals surface area contributed by atoms with Crippen molar-refractivity contribution in [1.29, 1.82) is 0 Å². The van der Waals surface area contributed by atoms with Crippen LogP contribution in [0.5, 0.6) is 0 Å². The maximum absolute atomic E-state index is 13.1. The van der Waals surface area contributed by atoms with Crippen LogP contribution in [0.1, 0.15) is 34.3 Å². The molecule has 1 amide bonds. The molecule has 0 radical (unpaired) electrons. The molecule has 3 aromatic rings. The molecule has 1 fully saturated rings. The molecular weight excluding hydrogens is 454 g/mol. The fourth-order valence-electron chi connectivity index (χ4n) is 4.22. The zero-order valence-electron chi connectivity index (χ0n) is 18.7. The first kappa shape index (κ1) is 23.4. The summed E-state index contributed by atoms with van der Waals surface area (Å²) in [5.74, 6) is -0.0815. The molecule has 1 aliphatic heterocycles. The molecule has 1 aliphatic rings. The SMILES string of the molecule is Cc1ccc(S(=O)(=O)Nc2ccc(C(=O)N3CCC[C@H]3Cc3ccccc3)cc2)cc1[N+](=O)[O-]. The van der Waals surface area contributed by atoms with E-state index >= 15 is 0 Å². The molecule has 9 heteroatoms. The van der Waals surface area contributed by atoms with Crippen molar-refractivity contribution in [3.8, 4) is 0 Å². The zero-order chi connectivity index (χ0) is 24.3. The van der Waals surface area contributed by atoms with Gasteiger partial charge in [0.05, 0.1) is 9.82 Å². The topological polar surface area (TPSA) is 110 Å². The predicted molar refractivity (Wildman–Crippen MR) is 129 cm³/mol. The Balaban J connectivity index is 1.47. The van der Waals surface area contributed by atoms with Crippen molar-refractivity contribution in [3.63, 3.8) is 0 Å². The van der Waals surface area contributed by atoms with Gasteiger partial charge in [-0.1, -0.05) is 36.4 Å². The van der Waals surface area contributed by atoms with Gasteiger partial charge in [-0.3, -0.25) is 19.6 Å². The van der Waals surface area contributed by atoms with Gasteiger partial charge in [0, 0.05) is 35.5 Å². The van der Waals surface area contributed by atoms with Gasteiger partial charge in [0.1, 0.15) is 0 Å². The third-order valence-electron chi connectivity index (χ3n) is 6.02. The van der Waals surface area contributed by atoms with Crippen LogP contribution in [0, 0.1) is 17.0 Å². The predicted octanol–water partition coefficient (Wildman–Crippen LogP) is 4.55. The highest BCUT2D eigenvalue weighted by Crippen LogP contribution is 2.26. The molecule has 1 atom stereocenters. The van der Waals surface area contributed by atoms with Crippen LogP contribution in [-0.2, 0) is 16.4 Å². The zero-order valence-corrected chi connectivity index (χ0v) is 19.5. The molecule has 8 nitrogen and oxygen atoms in total. The number of aryl methyl sites for hydroxylation is 1. The summed E-state index contributed by atoms with van der Waals surface area (Å²) in [6.07, 6.45) is 2.69. The molecule has 3 aromatic carbocycles. The molecular formula is C25H25N3O5S. The van der Waals surface area contributed by atoms with Crippen LogP contribution in [0.4, 0.5) is 11.4 Å². The Hall–Kier alpha value is -3.72. The second-order valence-electron chi connectivity index (χ2n) is 8.37. The Morgan fingerprint density at radius 1 is 1.09 bits per heavy atom. The average Bonchev–Trinajstić information content (AvgIpc) is 3.27. The molecule has 0 saturated carbocycles. The number of likely N-dealkylation sites (tertiary alicyclic amines) is 1. The number of nitrogens with zero attached hydrogens (tertiary/aromatic N) is 2. The normalized spacial score (nSPS) is 15.8. The van der Waals surface area contributed by atoms with E-state index in [0.29, 0.717) is 17.7 Å². The standard InChI is InChI=1S/C25H25N3O5S/c1-18-9-14-23(17-24(18)28(30)31)34(32,33)26-21-12-10-20(11-13-21)25(29)27-15-5-8-22(27)16-19-6-3-2-4-7-19/h2-4,6-7,9-14,17,22,26H,5,8,15-16H2,1H3/t22-/m0/s1. The Morgan fingerprint density at radius 3 is 2.47 bits per heavy atom.